The Bertz CT molecular complexity index is 542. The van der Waals surface area contributed by atoms with Crippen molar-refractivity contribution in [3.63, 3.8) is 0 Å². The van der Waals surface area contributed by atoms with Crippen molar-refractivity contribution in [2.45, 2.75) is 116 Å². The van der Waals surface area contributed by atoms with E-state index in [9.17, 15) is 20.1 Å². The molecule has 0 aromatic carbocycles. The third-order valence-corrected chi connectivity index (χ3v) is 7.78. The number of hydrogen-bond donors (Lipinski definition) is 4. The third-order valence-electron chi connectivity index (χ3n) is 7.78. The van der Waals surface area contributed by atoms with E-state index >= 15 is 0 Å². The van der Waals surface area contributed by atoms with Crippen LogP contribution in [0.25, 0.3) is 0 Å². The number of hydrogen-bond acceptors (Lipinski definition) is 4. The molecule has 2 aliphatic carbocycles. The van der Waals surface area contributed by atoms with Gasteiger partial charge in [0.05, 0.1) is 24.2 Å². The number of unbranched alkanes of at least 4 members (excludes halogenated alkanes) is 4. The van der Waals surface area contributed by atoms with Gasteiger partial charge in [-0.3, -0.25) is 4.79 Å². The predicted octanol–water partition coefficient (Wildman–Crippen LogP) is 4.68. The van der Waals surface area contributed by atoms with Crippen molar-refractivity contribution in [2.75, 3.05) is 0 Å². The number of carboxylic acids is 1. The fraction of sp³-hybridized carbons (Fsp3) is 0.880. The summed E-state index contributed by atoms with van der Waals surface area (Å²) >= 11 is 0. The van der Waals surface area contributed by atoms with Crippen molar-refractivity contribution in [2.24, 2.45) is 23.2 Å². The molecule has 6 atom stereocenters. The van der Waals surface area contributed by atoms with Crippen LogP contribution in [0.1, 0.15) is 97.3 Å². The molecule has 174 valence electrons. The van der Waals surface area contributed by atoms with Crippen LogP contribution in [0.3, 0.4) is 0 Å². The maximum Gasteiger partial charge on any atom is 0.306 e. The van der Waals surface area contributed by atoms with Crippen LogP contribution >= 0.6 is 0 Å². The van der Waals surface area contributed by atoms with E-state index in [4.69, 9.17) is 5.11 Å². The van der Waals surface area contributed by atoms with E-state index < -0.39 is 24.3 Å². The van der Waals surface area contributed by atoms with Gasteiger partial charge in [-0.05, 0) is 43.4 Å². The van der Waals surface area contributed by atoms with Gasteiger partial charge in [0.1, 0.15) is 0 Å². The summed E-state index contributed by atoms with van der Waals surface area (Å²) in [5, 5.41) is 40.8. The van der Waals surface area contributed by atoms with Gasteiger partial charge in [-0.25, -0.2) is 0 Å². The molecule has 0 radical (unpaired) electrons. The fourth-order valence-corrected chi connectivity index (χ4v) is 5.40. The van der Waals surface area contributed by atoms with E-state index in [1.165, 1.54) is 19.3 Å². The van der Waals surface area contributed by atoms with Crippen molar-refractivity contribution in [3.05, 3.63) is 12.2 Å². The Morgan fingerprint density at radius 3 is 2.43 bits per heavy atom. The van der Waals surface area contributed by atoms with Crippen LogP contribution in [0, 0.1) is 23.2 Å². The van der Waals surface area contributed by atoms with Crippen LogP contribution in [-0.2, 0) is 4.79 Å². The van der Waals surface area contributed by atoms with E-state index in [2.05, 4.69) is 6.92 Å². The molecule has 2 unspecified atom stereocenters. The number of aliphatic carboxylic acids is 1. The van der Waals surface area contributed by atoms with Crippen molar-refractivity contribution >= 4 is 5.97 Å². The lowest BCUT2D eigenvalue weighted by atomic mass is 9.62. The third kappa shape index (κ3) is 6.80. The van der Waals surface area contributed by atoms with Gasteiger partial charge in [-0.1, -0.05) is 70.9 Å². The normalized spacial score (nSPS) is 30.3. The highest BCUT2D eigenvalue weighted by Gasteiger charge is 2.43. The molecule has 2 saturated carbocycles. The number of carbonyl (C=O) groups is 1. The van der Waals surface area contributed by atoms with Crippen molar-refractivity contribution in [1.29, 1.82) is 0 Å². The van der Waals surface area contributed by atoms with Gasteiger partial charge in [0.2, 0.25) is 0 Å². The molecule has 0 spiro atoms. The zero-order valence-electron chi connectivity index (χ0n) is 19.0. The summed E-state index contributed by atoms with van der Waals surface area (Å²) < 4.78 is 0. The Balaban J connectivity index is 1.85. The van der Waals surface area contributed by atoms with Gasteiger partial charge < -0.3 is 20.4 Å². The van der Waals surface area contributed by atoms with Crippen LogP contribution in [0.2, 0.25) is 0 Å². The standard InChI is InChI=1S/C25H44O5/c1-3-4-8-14-25(15-9-16-25)23(28)13-12-20-19(21(26)17-22(20)27)11-7-5-6-10-18(2)24(29)30/h12-13,18-23,26-28H,3-11,14-17H2,1-2H3,(H,29,30)/t18?,19-,20-,21+,22-,23?/m1/s1. The van der Waals surface area contributed by atoms with Crippen LogP contribution < -0.4 is 0 Å². The highest BCUT2D eigenvalue weighted by Crippen LogP contribution is 2.49. The summed E-state index contributed by atoms with van der Waals surface area (Å²) in [5.74, 6) is -1.15. The minimum atomic E-state index is -0.743. The average molecular weight is 425 g/mol. The van der Waals surface area contributed by atoms with Crippen LogP contribution in [0.15, 0.2) is 12.2 Å². The summed E-state index contributed by atoms with van der Waals surface area (Å²) in [6.45, 7) is 3.94. The second-order valence-electron chi connectivity index (χ2n) is 9.99. The van der Waals surface area contributed by atoms with Crippen molar-refractivity contribution < 1.29 is 25.2 Å². The van der Waals surface area contributed by atoms with Crippen LogP contribution in [-0.4, -0.2) is 44.7 Å². The van der Waals surface area contributed by atoms with E-state index in [0.717, 1.165) is 51.4 Å². The molecule has 30 heavy (non-hydrogen) atoms. The largest absolute Gasteiger partial charge is 0.481 e. The van der Waals surface area contributed by atoms with Gasteiger partial charge in [0.25, 0.3) is 0 Å². The first kappa shape index (κ1) is 25.4. The molecular weight excluding hydrogens is 380 g/mol. The summed E-state index contributed by atoms with van der Waals surface area (Å²) in [4.78, 5) is 10.9. The minimum Gasteiger partial charge on any atom is -0.481 e. The topological polar surface area (TPSA) is 98.0 Å². The second kappa shape index (κ2) is 12.2. The fourth-order valence-electron chi connectivity index (χ4n) is 5.40. The Morgan fingerprint density at radius 2 is 1.83 bits per heavy atom. The summed E-state index contributed by atoms with van der Waals surface area (Å²) in [5.41, 5.74) is 0.0180. The quantitative estimate of drug-likeness (QED) is 0.240. The zero-order valence-corrected chi connectivity index (χ0v) is 19.0. The molecule has 0 amide bonds. The molecule has 2 fully saturated rings. The van der Waals surface area contributed by atoms with E-state index in [-0.39, 0.29) is 23.2 Å². The molecule has 0 aromatic heterocycles. The van der Waals surface area contributed by atoms with Gasteiger partial charge >= 0.3 is 5.97 Å². The molecule has 0 aromatic rings. The monoisotopic (exact) mass is 424 g/mol. The summed E-state index contributed by atoms with van der Waals surface area (Å²) in [7, 11) is 0. The molecule has 2 rings (SSSR count). The number of rotatable bonds is 14. The van der Waals surface area contributed by atoms with Gasteiger partial charge in [-0.2, -0.15) is 0 Å². The summed E-state index contributed by atoms with van der Waals surface area (Å²) in [6.07, 6.45) is 15.0. The lowest BCUT2D eigenvalue weighted by Crippen LogP contribution is -2.40. The summed E-state index contributed by atoms with van der Waals surface area (Å²) in [6, 6.07) is 0. The van der Waals surface area contributed by atoms with E-state index in [1.54, 1.807) is 6.92 Å². The van der Waals surface area contributed by atoms with Gasteiger partial charge in [-0.15, -0.1) is 0 Å². The molecule has 0 aliphatic heterocycles. The molecule has 0 saturated heterocycles. The number of aliphatic hydroxyl groups is 3. The smallest absolute Gasteiger partial charge is 0.306 e. The molecule has 4 N–H and O–H groups in total. The van der Waals surface area contributed by atoms with E-state index in [0.29, 0.717) is 12.8 Å². The van der Waals surface area contributed by atoms with Crippen molar-refractivity contribution in [3.8, 4) is 0 Å². The van der Waals surface area contributed by atoms with Gasteiger partial charge in [0, 0.05) is 12.3 Å². The SMILES string of the molecule is CCCCCC1(C(O)C=C[C@@H]2[C@@H](CCCCCC(C)C(=O)O)[C@@H](O)C[C@H]2O)CCC1. The molecule has 5 heteroatoms. The predicted molar refractivity (Wildman–Crippen MR) is 119 cm³/mol. The Morgan fingerprint density at radius 1 is 1.10 bits per heavy atom. The zero-order chi connectivity index (χ0) is 22.1. The first-order chi connectivity index (χ1) is 14.3. The first-order valence-electron chi connectivity index (χ1n) is 12.3. The van der Waals surface area contributed by atoms with Crippen molar-refractivity contribution in [1.82, 2.24) is 0 Å². The minimum absolute atomic E-state index is 0.0118. The van der Waals surface area contributed by atoms with Crippen LogP contribution in [0.5, 0.6) is 0 Å². The Hall–Kier alpha value is -0.910. The Kier molecular flexibility index (Phi) is 10.3. The average Bonchev–Trinajstić information content (AvgIpc) is 2.94. The molecule has 0 heterocycles. The van der Waals surface area contributed by atoms with Gasteiger partial charge in [0.15, 0.2) is 0 Å². The lowest BCUT2D eigenvalue weighted by Gasteiger charge is -2.45. The highest BCUT2D eigenvalue weighted by atomic mass is 16.4. The van der Waals surface area contributed by atoms with Crippen LogP contribution in [0.4, 0.5) is 0 Å². The maximum absolute atomic E-state index is 10.9. The number of carboxylic acid groups (broad SMARTS) is 1. The molecule has 2 aliphatic rings. The number of aliphatic hydroxyl groups excluding tert-OH is 3. The molecular formula is C25H44O5. The molecule has 5 nitrogen and oxygen atoms in total. The van der Waals surface area contributed by atoms with E-state index in [1.807, 2.05) is 12.2 Å². The molecule has 0 bridgehead atoms. The first-order valence-corrected chi connectivity index (χ1v) is 12.3. The highest BCUT2D eigenvalue weighted by molar-refractivity contribution is 5.69. The second-order valence-corrected chi connectivity index (χ2v) is 9.99. The maximum atomic E-state index is 10.9. The lowest BCUT2D eigenvalue weighted by molar-refractivity contribution is -0.141. The Labute approximate surface area is 182 Å².